The fourth-order valence-corrected chi connectivity index (χ4v) is 5.37. The summed E-state index contributed by atoms with van der Waals surface area (Å²) in [4.78, 5) is 20.4. The normalized spacial score (nSPS) is 14.2. The summed E-state index contributed by atoms with van der Waals surface area (Å²) >= 11 is 0. The molecule has 3 aromatic rings. The van der Waals surface area contributed by atoms with Crippen molar-refractivity contribution in [3.05, 3.63) is 46.6 Å². The lowest BCUT2D eigenvalue weighted by atomic mass is 10.1. The number of phenolic OH excluding ortho intramolecular Hbond substituents is 1. The summed E-state index contributed by atoms with van der Waals surface area (Å²) in [6.07, 6.45) is 7.65. The highest BCUT2D eigenvalue weighted by Crippen LogP contribution is 2.38. The maximum absolute atomic E-state index is 13.1. The van der Waals surface area contributed by atoms with Gasteiger partial charge in [0.2, 0.25) is 16.9 Å². The van der Waals surface area contributed by atoms with Crippen molar-refractivity contribution >= 4 is 16.7 Å². The van der Waals surface area contributed by atoms with Gasteiger partial charge in [0, 0.05) is 24.8 Å². The van der Waals surface area contributed by atoms with E-state index >= 15 is 0 Å². The molecular formula is C31H43N3O5. The van der Waals surface area contributed by atoms with Crippen molar-refractivity contribution in [1.82, 2.24) is 9.80 Å². The second-order valence-electron chi connectivity index (χ2n) is 10.5. The molecule has 2 heterocycles. The lowest BCUT2D eigenvalue weighted by molar-refractivity contribution is 0.211. The van der Waals surface area contributed by atoms with Crippen LogP contribution in [0.3, 0.4) is 0 Å². The molecule has 212 valence electrons. The number of aromatic hydroxyl groups is 1. The monoisotopic (exact) mass is 537 g/mol. The van der Waals surface area contributed by atoms with Crippen molar-refractivity contribution in [3.8, 4) is 28.6 Å². The van der Waals surface area contributed by atoms with Gasteiger partial charge in [-0.05, 0) is 108 Å². The Morgan fingerprint density at radius 3 is 2.23 bits per heavy atom. The molecule has 39 heavy (non-hydrogen) atoms. The SMILES string of the molecule is COc1c(-c2ccc(N(C)CCCCN(C)CCCN3CCCCC3)cc2)oc2c(OC)c(O)ccc2c1=O. The van der Waals surface area contributed by atoms with E-state index in [1.165, 1.54) is 71.7 Å². The molecule has 0 bridgehead atoms. The van der Waals surface area contributed by atoms with E-state index in [0.29, 0.717) is 11.3 Å². The van der Waals surface area contributed by atoms with Gasteiger partial charge < -0.3 is 33.7 Å². The fourth-order valence-electron chi connectivity index (χ4n) is 5.37. The summed E-state index contributed by atoms with van der Waals surface area (Å²) in [5.74, 6) is 0.454. The minimum absolute atomic E-state index is 0.0927. The maximum atomic E-state index is 13.1. The lowest BCUT2D eigenvalue weighted by Gasteiger charge is -2.27. The van der Waals surface area contributed by atoms with Crippen LogP contribution in [-0.2, 0) is 0 Å². The number of likely N-dealkylation sites (tertiary alicyclic amines) is 1. The van der Waals surface area contributed by atoms with Crippen LogP contribution in [0.15, 0.2) is 45.6 Å². The molecule has 8 nitrogen and oxygen atoms in total. The second kappa shape index (κ2) is 13.7. The molecule has 0 saturated carbocycles. The van der Waals surface area contributed by atoms with Crippen LogP contribution in [0.1, 0.15) is 38.5 Å². The number of hydrogen-bond acceptors (Lipinski definition) is 8. The molecule has 1 aliphatic heterocycles. The van der Waals surface area contributed by atoms with Gasteiger partial charge in [-0.2, -0.15) is 0 Å². The number of rotatable bonds is 13. The zero-order chi connectivity index (χ0) is 27.8. The van der Waals surface area contributed by atoms with Crippen molar-refractivity contribution in [1.29, 1.82) is 0 Å². The highest BCUT2D eigenvalue weighted by Gasteiger charge is 2.21. The van der Waals surface area contributed by atoms with Crippen molar-refractivity contribution in [2.45, 2.75) is 38.5 Å². The molecule has 0 spiro atoms. The first-order valence-corrected chi connectivity index (χ1v) is 14.1. The summed E-state index contributed by atoms with van der Waals surface area (Å²) in [5.41, 5.74) is 1.67. The van der Waals surface area contributed by atoms with E-state index in [1.807, 2.05) is 24.3 Å². The van der Waals surface area contributed by atoms with Crippen LogP contribution in [0, 0.1) is 0 Å². The molecule has 1 saturated heterocycles. The summed E-state index contributed by atoms with van der Waals surface area (Å²) in [5, 5.41) is 10.4. The Morgan fingerprint density at radius 1 is 0.872 bits per heavy atom. The molecule has 2 aromatic carbocycles. The largest absolute Gasteiger partial charge is 0.504 e. The fraction of sp³-hybridized carbons (Fsp3) is 0.516. The first-order valence-electron chi connectivity index (χ1n) is 14.1. The van der Waals surface area contributed by atoms with Gasteiger partial charge in [-0.15, -0.1) is 0 Å². The van der Waals surface area contributed by atoms with Crippen LogP contribution in [-0.4, -0.2) is 82.5 Å². The highest BCUT2D eigenvalue weighted by molar-refractivity contribution is 5.88. The van der Waals surface area contributed by atoms with Crippen molar-refractivity contribution < 1.29 is 19.0 Å². The van der Waals surface area contributed by atoms with E-state index in [9.17, 15) is 9.90 Å². The van der Waals surface area contributed by atoms with Crippen LogP contribution >= 0.6 is 0 Å². The molecule has 8 heteroatoms. The number of anilines is 1. The van der Waals surface area contributed by atoms with E-state index in [-0.39, 0.29) is 33.6 Å². The average molecular weight is 538 g/mol. The van der Waals surface area contributed by atoms with E-state index in [0.717, 1.165) is 38.2 Å². The molecule has 0 aliphatic carbocycles. The third-order valence-corrected chi connectivity index (χ3v) is 7.68. The van der Waals surface area contributed by atoms with Gasteiger partial charge >= 0.3 is 0 Å². The molecule has 1 fully saturated rings. The van der Waals surface area contributed by atoms with Gasteiger partial charge in [-0.25, -0.2) is 0 Å². The summed E-state index contributed by atoms with van der Waals surface area (Å²) in [6.45, 7) is 7.03. The molecular weight excluding hydrogens is 494 g/mol. The maximum Gasteiger partial charge on any atom is 0.235 e. The Hall–Kier alpha value is -3.23. The van der Waals surface area contributed by atoms with Gasteiger partial charge in [0.05, 0.1) is 19.6 Å². The summed E-state index contributed by atoms with van der Waals surface area (Å²) < 4.78 is 16.8. The number of unbranched alkanes of at least 4 members (excludes halogenated alkanes) is 1. The molecule has 4 rings (SSSR count). The Kier molecular flexibility index (Phi) is 10.1. The van der Waals surface area contributed by atoms with Gasteiger partial charge in [-0.3, -0.25) is 4.79 Å². The van der Waals surface area contributed by atoms with Gasteiger partial charge in [0.15, 0.2) is 17.1 Å². The van der Waals surface area contributed by atoms with E-state index in [4.69, 9.17) is 13.9 Å². The molecule has 0 atom stereocenters. The Bertz CT molecular complexity index is 1270. The molecule has 0 unspecified atom stereocenters. The predicted molar refractivity (Wildman–Crippen MR) is 158 cm³/mol. The number of piperidine rings is 1. The number of fused-ring (bicyclic) bond motifs is 1. The lowest BCUT2D eigenvalue weighted by Crippen LogP contribution is -2.32. The van der Waals surface area contributed by atoms with Gasteiger partial charge in [0.1, 0.15) is 0 Å². The van der Waals surface area contributed by atoms with Crippen LogP contribution in [0.2, 0.25) is 0 Å². The standard InChI is InChI=1S/C31H43N3O5/c1-32(18-10-22-34-20-6-5-7-21-34)17-8-9-19-33(2)24-13-11-23(12-14-24)28-31(38-4)27(36)25-15-16-26(35)30(37-3)29(25)39-28/h11-16,35H,5-10,17-22H2,1-4H3. The zero-order valence-corrected chi connectivity index (χ0v) is 23.9. The second-order valence-corrected chi connectivity index (χ2v) is 10.5. The van der Waals surface area contributed by atoms with Gasteiger partial charge in [-0.1, -0.05) is 6.42 Å². The van der Waals surface area contributed by atoms with Crippen LogP contribution in [0.4, 0.5) is 5.69 Å². The molecule has 0 amide bonds. The first kappa shape index (κ1) is 28.8. The minimum Gasteiger partial charge on any atom is -0.504 e. The number of ether oxygens (including phenoxy) is 2. The Balaban J connectivity index is 1.32. The van der Waals surface area contributed by atoms with Crippen LogP contribution in [0.25, 0.3) is 22.3 Å². The Morgan fingerprint density at radius 2 is 1.54 bits per heavy atom. The number of nitrogens with zero attached hydrogens (tertiary/aromatic N) is 3. The van der Waals surface area contributed by atoms with Crippen LogP contribution in [0.5, 0.6) is 17.2 Å². The number of hydrogen-bond donors (Lipinski definition) is 1. The van der Waals surface area contributed by atoms with Crippen molar-refractivity contribution in [2.75, 3.05) is 72.5 Å². The van der Waals surface area contributed by atoms with E-state index in [2.05, 4.69) is 28.8 Å². The smallest absolute Gasteiger partial charge is 0.235 e. The molecule has 1 aromatic heterocycles. The van der Waals surface area contributed by atoms with E-state index < -0.39 is 0 Å². The summed E-state index contributed by atoms with van der Waals surface area (Å²) in [7, 11) is 7.21. The van der Waals surface area contributed by atoms with Crippen LogP contribution < -0.4 is 19.8 Å². The first-order chi connectivity index (χ1) is 18.9. The Labute approximate surface area is 231 Å². The number of phenols is 1. The summed E-state index contributed by atoms with van der Waals surface area (Å²) in [6, 6.07) is 10.8. The highest BCUT2D eigenvalue weighted by atomic mass is 16.5. The quantitative estimate of drug-likeness (QED) is 0.298. The third kappa shape index (κ3) is 7.05. The predicted octanol–water partition coefficient (Wildman–Crippen LogP) is 5.21. The third-order valence-electron chi connectivity index (χ3n) is 7.68. The van der Waals surface area contributed by atoms with Crippen molar-refractivity contribution in [2.24, 2.45) is 0 Å². The number of methoxy groups -OCH3 is 2. The zero-order valence-electron chi connectivity index (χ0n) is 23.9. The average Bonchev–Trinajstić information content (AvgIpc) is 2.95. The van der Waals surface area contributed by atoms with E-state index in [1.54, 1.807) is 0 Å². The molecule has 0 radical (unpaired) electrons. The number of benzene rings is 2. The topological polar surface area (TPSA) is 78.6 Å². The minimum atomic E-state index is -0.315. The molecule has 1 N–H and O–H groups in total. The van der Waals surface area contributed by atoms with Gasteiger partial charge in [0.25, 0.3) is 0 Å². The molecule has 1 aliphatic rings. The van der Waals surface area contributed by atoms with Crippen molar-refractivity contribution in [3.63, 3.8) is 0 Å².